The molecule has 2 N–H and O–H groups in total. The minimum Gasteiger partial charge on any atom is -0.390 e. The van der Waals surface area contributed by atoms with Crippen LogP contribution in [0.15, 0.2) is 23.4 Å². The molecule has 0 unspecified atom stereocenters. The molecular weight excluding hydrogens is 164 g/mol. The second-order valence-corrected chi connectivity index (χ2v) is 3.87. The van der Waals surface area contributed by atoms with E-state index in [9.17, 15) is 0 Å². The van der Waals surface area contributed by atoms with E-state index in [1.54, 1.807) is 0 Å². The van der Waals surface area contributed by atoms with Crippen molar-refractivity contribution in [2.24, 2.45) is 0 Å². The van der Waals surface area contributed by atoms with Gasteiger partial charge in [-0.2, -0.15) is 0 Å². The first-order valence-corrected chi connectivity index (χ1v) is 4.74. The van der Waals surface area contributed by atoms with E-state index < -0.39 is 0 Å². The van der Waals surface area contributed by atoms with Crippen LogP contribution in [-0.4, -0.2) is 42.3 Å². The van der Waals surface area contributed by atoms with E-state index in [-0.39, 0.29) is 6.10 Å². The van der Waals surface area contributed by atoms with E-state index in [0.717, 1.165) is 26.2 Å². The second kappa shape index (κ2) is 3.52. The standard InChI is InChI=1S/C10H16N2O/c1-8-4-11-3-2-9(8)5-12-6-10(13)7-12/h2-3,10-11,13H,4-7H2,1H3. The Balaban J connectivity index is 1.90. The molecule has 0 aliphatic carbocycles. The quantitative estimate of drug-likeness (QED) is 0.632. The van der Waals surface area contributed by atoms with E-state index in [4.69, 9.17) is 5.11 Å². The predicted molar refractivity (Wildman–Crippen MR) is 52.3 cm³/mol. The smallest absolute Gasteiger partial charge is 0.0794 e. The van der Waals surface area contributed by atoms with Gasteiger partial charge in [-0.05, 0) is 30.3 Å². The van der Waals surface area contributed by atoms with Gasteiger partial charge in [0.25, 0.3) is 0 Å². The maximum atomic E-state index is 9.13. The largest absolute Gasteiger partial charge is 0.390 e. The Labute approximate surface area is 78.7 Å². The summed E-state index contributed by atoms with van der Waals surface area (Å²) in [6, 6.07) is 0. The number of aliphatic hydroxyl groups excluding tert-OH is 1. The van der Waals surface area contributed by atoms with Crippen LogP contribution in [0.1, 0.15) is 6.92 Å². The van der Waals surface area contributed by atoms with Crippen molar-refractivity contribution in [3.8, 4) is 0 Å². The fourth-order valence-corrected chi connectivity index (χ4v) is 1.73. The maximum Gasteiger partial charge on any atom is 0.0794 e. The molecule has 0 amide bonds. The SMILES string of the molecule is CC1=C(CN2CC(O)C2)C=CNC1. The molecule has 2 aliphatic rings. The van der Waals surface area contributed by atoms with Gasteiger partial charge in [-0.25, -0.2) is 0 Å². The number of aliphatic hydroxyl groups is 1. The summed E-state index contributed by atoms with van der Waals surface area (Å²) < 4.78 is 0. The predicted octanol–water partition coefficient (Wildman–Crippen LogP) is 0.0963. The van der Waals surface area contributed by atoms with Crippen LogP contribution in [-0.2, 0) is 0 Å². The van der Waals surface area contributed by atoms with Crippen molar-refractivity contribution in [1.29, 1.82) is 0 Å². The Kier molecular flexibility index (Phi) is 2.38. The molecule has 2 rings (SSSR count). The van der Waals surface area contributed by atoms with Gasteiger partial charge in [0.2, 0.25) is 0 Å². The van der Waals surface area contributed by atoms with Gasteiger partial charge in [-0.3, -0.25) is 4.90 Å². The maximum absolute atomic E-state index is 9.13. The first-order valence-electron chi connectivity index (χ1n) is 4.74. The Morgan fingerprint density at radius 1 is 1.62 bits per heavy atom. The summed E-state index contributed by atoms with van der Waals surface area (Å²) in [5, 5.41) is 12.3. The third-order valence-corrected chi connectivity index (χ3v) is 2.65. The van der Waals surface area contributed by atoms with E-state index >= 15 is 0 Å². The summed E-state index contributed by atoms with van der Waals surface area (Å²) in [7, 11) is 0. The summed E-state index contributed by atoms with van der Waals surface area (Å²) in [6.45, 7) is 5.77. The van der Waals surface area contributed by atoms with Crippen molar-refractivity contribution in [1.82, 2.24) is 10.2 Å². The molecule has 2 heterocycles. The van der Waals surface area contributed by atoms with Crippen LogP contribution in [0.25, 0.3) is 0 Å². The Morgan fingerprint density at radius 3 is 3.00 bits per heavy atom. The number of dihydropyridines is 1. The van der Waals surface area contributed by atoms with Crippen LogP contribution in [0, 0.1) is 0 Å². The number of β-amino-alcohol motifs (C(OH)–C–C–N with tert-alkyl or cyclic N) is 1. The summed E-state index contributed by atoms with van der Waals surface area (Å²) in [4.78, 5) is 2.26. The van der Waals surface area contributed by atoms with E-state index in [1.165, 1.54) is 11.1 Å². The van der Waals surface area contributed by atoms with Crippen molar-refractivity contribution in [3.63, 3.8) is 0 Å². The molecule has 1 fully saturated rings. The molecule has 0 bridgehead atoms. The third kappa shape index (κ3) is 1.92. The van der Waals surface area contributed by atoms with Crippen LogP contribution in [0.2, 0.25) is 0 Å². The van der Waals surface area contributed by atoms with Crippen molar-refractivity contribution in [2.45, 2.75) is 13.0 Å². The number of hydrogen-bond acceptors (Lipinski definition) is 3. The van der Waals surface area contributed by atoms with Crippen LogP contribution in [0.4, 0.5) is 0 Å². The average Bonchev–Trinajstić information content (AvgIpc) is 2.06. The fourth-order valence-electron chi connectivity index (χ4n) is 1.73. The molecule has 0 saturated carbocycles. The van der Waals surface area contributed by atoms with E-state index in [0.29, 0.717) is 0 Å². The van der Waals surface area contributed by atoms with Crippen molar-refractivity contribution < 1.29 is 5.11 Å². The number of hydrogen-bond donors (Lipinski definition) is 2. The van der Waals surface area contributed by atoms with Gasteiger partial charge in [-0.15, -0.1) is 0 Å². The number of likely N-dealkylation sites (tertiary alicyclic amines) is 1. The summed E-state index contributed by atoms with van der Waals surface area (Å²) in [5.41, 5.74) is 2.80. The zero-order valence-corrected chi connectivity index (χ0v) is 7.95. The number of nitrogens with one attached hydrogen (secondary N) is 1. The molecule has 1 saturated heterocycles. The molecule has 0 radical (unpaired) electrons. The normalized spacial score (nSPS) is 24.5. The Bertz CT molecular complexity index is 252. The average molecular weight is 180 g/mol. The molecule has 0 aromatic rings. The van der Waals surface area contributed by atoms with Gasteiger partial charge < -0.3 is 10.4 Å². The first-order chi connectivity index (χ1) is 6.25. The highest BCUT2D eigenvalue weighted by atomic mass is 16.3. The lowest BCUT2D eigenvalue weighted by Gasteiger charge is -2.36. The van der Waals surface area contributed by atoms with Crippen LogP contribution in [0.5, 0.6) is 0 Å². The molecular formula is C10H16N2O. The third-order valence-electron chi connectivity index (χ3n) is 2.65. The lowest BCUT2D eigenvalue weighted by Crippen LogP contribution is -2.51. The van der Waals surface area contributed by atoms with Crippen molar-refractivity contribution >= 4 is 0 Å². The first kappa shape index (κ1) is 8.78. The van der Waals surface area contributed by atoms with E-state index in [2.05, 4.69) is 23.2 Å². The van der Waals surface area contributed by atoms with Gasteiger partial charge in [0.15, 0.2) is 0 Å². The minimum atomic E-state index is -0.0911. The molecule has 0 spiro atoms. The highest BCUT2D eigenvalue weighted by Crippen LogP contribution is 2.15. The topological polar surface area (TPSA) is 35.5 Å². The minimum absolute atomic E-state index is 0.0911. The lowest BCUT2D eigenvalue weighted by atomic mass is 10.0. The van der Waals surface area contributed by atoms with Gasteiger partial charge >= 0.3 is 0 Å². The zero-order chi connectivity index (χ0) is 9.26. The molecule has 72 valence electrons. The fraction of sp³-hybridized carbons (Fsp3) is 0.600. The Hall–Kier alpha value is -0.800. The monoisotopic (exact) mass is 180 g/mol. The molecule has 0 atom stereocenters. The number of nitrogens with zero attached hydrogens (tertiary/aromatic N) is 1. The lowest BCUT2D eigenvalue weighted by molar-refractivity contribution is 0.00854. The van der Waals surface area contributed by atoms with E-state index in [1.807, 2.05) is 6.20 Å². The molecule has 3 nitrogen and oxygen atoms in total. The molecule has 13 heavy (non-hydrogen) atoms. The van der Waals surface area contributed by atoms with Gasteiger partial charge in [0, 0.05) is 26.2 Å². The molecule has 3 heteroatoms. The second-order valence-electron chi connectivity index (χ2n) is 3.87. The van der Waals surface area contributed by atoms with Crippen LogP contribution < -0.4 is 5.32 Å². The van der Waals surface area contributed by atoms with Gasteiger partial charge in [0.05, 0.1) is 6.10 Å². The van der Waals surface area contributed by atoms with Crippen molar-refractivity contribution in [2.75, 3.05) is 26.2 Å². The van der Waals surface area contributed by atoms with Crippen LogP contribution >= 0.6 is 0 Å². The van der Waals surface area contributed by atoms with Gasteiger partial charge in [0.1, 0.15) is 0 Å². The summed E-state index contributed by atoms with van der Waals surface area (Å²) >= 11 is 0. The summed E-state index contributed by atoms with van der Waals surface area (Å²) in [6.07, 6.45) is 4.04. The number of rotatable bonds is 2. The molecule has 0 aromatic carbocycles. The van der Waals surface area contributed by atoms with Gasteiger partial charge in [-0.1, -0.05) is 0 Å². The molecule has 0 aromatic heterocycles. The van der Waals surface area contributed by atoms with Crippen molar-refractivity contribution in [3.05, 3.63) is 23.4 Å². The van der Waals surface area contributed by atoms with Crippen LogP contribution in [0.3, 0.4) is 0 Å². The highest BCUT2D eigenvalue weighted by molar-refractivity contribution is 5.30. The molecule has 2 aliphatic heterocycles. The Morgan fingerprint density at radius 2 is 2.38 bits per heavy atom. The zero-order valence-electron chi connectivity index (χ0n) is 7.95. The summed E-state index contributed by atoms with van der Waals surface area (Å²) in [5.74, 6) is 0. The highest BCUT2D eigenvalue weighted by Gasteiger charge is 2.24.